The molecule has 0 atom stereocenters. The minimum absolute atomic E-state index is 0.106. The quantitative estimate of drug-likeness (QED) is 0.548. The second-order valence-electron chi connectivity index (χ2n) is 5.00. The van der Waals surface area contributed by atoms with Crippen LogP contribution in [0.15, 0.2) is 63.2 Å². The van der Waals surface area contributed by atoms with Gasteiger partial charge in [0, 0.05) is 21.5 Å². The number of amides is 1. The van der Waals surface area contributed by atoms with E-state index in [0.717, 1.165) is 14.9 Å². The molecule has 0 saturated carbocycles. The average Bonchev–Trinajstić information content (AvgIpc) is 3.22. The van der Waals surface area contributed by atoms with E-state index in [9.17, 15) is 4.79 Å². The van der Waals surface area contributed by atoms with Gasteiger partial charge in [0.05, 0.1) is 29.7 Å². The molecule has 0 aliphatic carbocycles. The fourth-order valence-corrected chi connectivity index (χ4v) is 3.50. The van der Waals surface area contributed by atoms with E-state index in [4.69, 9.17) is 16.0 Å². The van der Waals surface area contributed by atoms with E-state index in [-0.39, 0.29) is 5.91 Å². The molecule has 23 heavy (non-hydrogen) atoms. The monoisotopic (exact) mass is 409 g/mol. The number of benzene rings is 1. The minimum Gasteiger partial charge on any atom is -0.472 e. The third-order valence-corrected chi connectivity index (χ3v) is 5.01. The van der Waals surface area contributed by atoms with Crippen LogP contribution in [0.3, 0.4) is 0 Å². The number of furan rings is 1. The van der Waals surface area contributed by atoms with Crippen LogP contribution in [-0.2, 0) is 13.1 Å². The average molecular weight is 411 g/mol. The first-order chi connectivity index (χ1) is 11.1. The Kier molecular flexibility index (Phi) is 5.20. The number of halogens is 2. The van der Waals surface area contributed by atoms with Gasteiger partial charge in [-0.2, -0.15) is 0 Å². The second kappa shape index (κ2) is 7.34. The van der Waals surface area contributed by atoms with Gasteiger partial charge in [-0.1, -0.05) is 33.6 Å². The van der Waals surface area contributed by atoms with Crippen LogP contribution in [0.2, 0.25) is 5.02 Å². The molecule has 0 aliphatic heterocycles. The molecule has 2 heterocycles. The summed E-state index contributed by atoms with van der Waals surface area (Å²) in [6.45, 7) is 1.00. The lowest BCUT2D eigenvalue weighted by Crippen LogP contribution is -2.30. The fraction of sp³-hybridized carbons (Fsp3) is 0.118. The van der Waals surface area contributed by atoms with E-state index in [0.29, 0.717) is 23.7 Å². The maximum absolute atomic E-state index is 13.0. The van der Waals surface area contributed by atoms with Gasteiger partial charge in [-0.05, 0) is 35.7 Å². The van der Waals surface area contributed by atoms with Gasteiger partial charge in [0.2, 0.25) is 0 Å². The first-order valence-electron chi connectivity index (χ1n) is 6.91. The zero-order chi connectivity index (χ0) is 16.2. The Morgan fingerprint density at radius 3 is 2.83 bits per heavy atom. The molecule has 0 saturated heterocycles. The van der Waals surface area contributed by atoms with Crippen molar-refractivity contribution in [1.82, 2.24) is 4.90 Å². The molecule has 3 nitrogen and oxygen atoms in total. The highest BCUT2D eigenvalue weighted by atomic mass is 79.9. The maximum Gasteiger partial charge on any atom is 0.256 e. The Balaban J connectivity index is 1.89. The molecule has 0 bridgehead atoms. The zero-order valence-corrected chi connectivity index (χ0v) is 15.2. The molecule has 2 aromatic heterocycles. The Labute approximate surface area is 151 Å². The summed E-state index contributed by atoms with van der Waals surface area (Å²) in [5, 5.41) is 2.45. The van der Waals surface area contributed by atoms with Gasteiger partial charge in [-0.25, -0.2) is 0 Å². The van der Waals surface area contributed by atoms with E-state index < -0.39 is 0 Å². The highest BCUT2D eigenvalue weighted by Crippen LogP contribution is 2.24. The first-order valence-corrected chi connectivity index (χ1v) is 8.96. The SMILES string of the molecule is O=C(c1cc(Br)ccc1Cl)N(Cc1ccoc1)Cc1cccs1. The van der Waals surface area contributed by atoms with Crippen molar-refractivity contribution in [3.05, 3.63) is 79.8 Å². The molecule has 0 spiro atoms. The van der Waals surface area contributed by atoms with Gasteiger partial charge in [0.1, 0.15) is 0 Å². The molecule has 0 unspecified atom stereocenters. The number of nitrogens with zero attached hydrogens (tertiary/aromatic N) is 1. The van der Waals surface area contributed by atoms with Crippen LogP contribution in [-0.4, -0.2) is 10.8 Å². The van der Waals surface area contributed by atoms with E-state index in [1.54, 1.807) is 40.9 Å². The molecule has 0 N–H and O–H groups in total. The Bertz CT molecular complexity index is 751. The van der Waals surface area contributed by atoms with Crippen molar-refractivity contribution in [2.24, 2.45) is 0 Å². The molecule has 3 aromatic rings. The maximum atomic E-state index is 13.0. The minimum atomic E-state index is -0.106. The molecule has 1 aromatic carbocycles. The van der Waals surface area contributed by atoms with Crippen molar-refractivity contribution in [3.8, 4) is 0 Å². The number of carbonyl (C=O) groups excluding carboxylic acids is 1. The van der Waals surface area contributed by atoms with Crippen LogP contribution in [0, 0.1) is 0 Å². The normalized spacial score (nSPS) is 10.7. The first kappa shape index (κ1) is 16.3. The summed E-state index contributed by atoms with van der Waals surface area (Å²) in [6, 6.07) is 11.1. The topological polar surface area (TPSA) is 33.5 Å². The lowest BCUT2D eigenvalue weighted by Gasteiger charge is -2.22. The van der Waals surface area contributed by atoms with E-state index >= 15 is 0 Å². The summed E-state index contributed by atoms with van der Waals surface area (Å²) in [7, 11) is 0. The number of hydrogen-bond donors (Lipinski definition) is 0. The highest BCUT2D eigenvalue weighted by Gasteiger charge is 2.20. The van der Waals surface area contributed by atoms with E-state index in [1.165, 1.54) is 0 Å². The number of hydrogen-bond acceptors (Lipinski definition) is 3. The largest absolute Gasteiger partial charge is 0.472 e. The van der Waals surface area contributed by atoms with Crippen LogP contribution in [0.1, 0.15) is 20.8 Å². The standard InChI is InChI=1S/C17H13BrClNO2S/c18-13-3-4-16(19)15(8-13)17(21)20(9-12-5-6-22-11-12)10-14-2-1-7-23-14/h1-8,11H,9-10H2. The molecule has 0 fully saturated rings. The summed E-state index contributed by atoms with van der Waals surface area (Å²) < 4.78 is 5.93. The molecule has 0 aliphatic rings. The smallest absolute Gasteiger partial charge is 0.256 e. The van der Waals surface area contributed by atoms with Crippen molar-refractivity contribution in [2.75, 3.05) is 0 Å². The second-order valence-corrected chi connectivity index (χ2v) is 7.35. The van der Waals surface area contributed by atoms with Crippen LogP contribution >= 0.6 is 38.9 Å². The van der Waals surface area contributed by atoms with Crippen molar-refractivity contribution >= 4 is 44.8 Å². The molecule has 6 heteroatoms. The van der Waals surface area contributed by atoms with Crippen LogP contribution in [0.4, 0.5) is 0 Å². The summed E-state index contributed by atoms with van der Waals surface area (Å²) >= 11 is 11.2. The summed E-state index contributed by atoms with van der Waals surface area (Å²) in [6.07, 6.45) is 3.26. The Morgan fingerprint density at radius 1 is 1.26 bits per heavy atom. The molecule has 118 valence electrons. The zero-order valence-electron chi connectivity index (χ0n) is 12.0. The van der Waals surface area contributed by atoms with Crippen molar-refractivity contribution < 1.29 is 9.21 Å². The summed E-state index contributed by atoms with van der Waals surface area (Å²) in [4.78, 5) is 15.9. The van der Waals surface area contributed by atoms with Gasteiger partial charge in [0.25, 0.3) is 5.91 Å². The van der Waals surface area contributed by atoms with Gasteiger partial charge in [0.15, 0.2) is 0 Å². The highest BCUT2D eigenvalue weighted by molar-refractivity contribution is 9.10. The van der Waals surface area contributed by atoms with Crippen molar-refractivity contribution in [2.45, 2.75) is 13.1 Å². The lowest BCUT2D eigenvalue weighted by molar-refractivity contribution is 0.0731. The summed E-state index contributed by atoms with van der Waals surface area (Å²) in [5.74, 6) is -0.106. The van der Waals surface area contributed by atoms with Gasteiger partial charge in [-0.3, -0.25) is 4.79 Å². The van der Waals surface area contributed by atoms with Crippen LogP contribution < -0.4 is 0 Å². The van der Waals surface area contributed by atoms with Crippen molar-refractivity contribution in [3.63, 3.8) is 0 Å². The predicted octanol–water partition coefficient (Wildman–Crippen LogP) is 5.60. The molecular weight excluding hydrogens is 398 g/mol. The molecule has 1 amide bonds. The van der Waals surface area contributed by atoms with Crippen LogP contribution in [0.25, 0.3) is 0 Å². The molecular formula is C17H13BrClNO2S. The Morgan fingerprint density at radius 2 is 2.13 bits per heavy atom. The number of rotatable bonds is 5. The molecule has 3 rings (SSSR count). The van der Waals surface area contributed by atoms with E-state index in [2.05, 4.69) is 15.9 Å². The van der Waals surface area contributed by atoms with Gasteiger partial charge in [-0.15, -0.1) is 11.3 Å². The third-order valence-electron chi connectivity index (χ3n) is 3.33. The third kappa shape index (κ3) is 4.05. The molecule has 0 radical (unpaired) electrons. The predicted molar refractivity (Wildman–Crippen MR) is 95.8 cm³/mol. The summed E-state index contributed by atoms with van der Waals surface area (Å²) in [5.41, 5.74) is 1.43. The number of carbonyl (C=O) groups is 1. The van der Waals surface area contributed by atoms with Gasteiger partial charge < -0.3 is 9.32 Å². The fourth-order valence-electron chi connectivity index (χ4n) is 2.22. The lowest BCUT2D eigenvalue weighted by atomic mass is 10.1. The Hall–Kier alpha value is -1.56. The van der Waals surface area contributed by atoms with Crippen LogP contribution in [0.5, 0.6) is 0 Å². The number of thiophene rings is 1. The van der Waals surface area contributed by atoms with Crippen molar-refractivity contribution in [1.29, 1.82) is 0 Å². The van der Waals surface area contributed by atoms with Gasteiger partial charge >= 0.3 is 0 Å². The van der Waals surface area contributed by atoms with E-state index in [1.807, 2.05) is 29.6 Å².